The molecule has 1 saturated heterocycles. The lowest BCUT2D eigenvalue weighted by atomic mass is 9.90. The second kappa shape index (κ2) is 8.98. The van der Waals surface area contributed by atoms with Crippen LogP contribution >= 0.6 is 11.3 Å². The summed E-state index contributed by atoms with van der Waals surface area (Å²) in [4.78, 5) is 17.0. The highest BCUT2D eigenvalue weighted by Gasteiger charge is 2.26. The number of benzene rings is 1. The van der Waals surface area contributed by atoms with Gasteiger partial charge in [0.1, 0.15) is 5.01 Å². The van der Waals surface area contributed by atoms with Gasteiger partial charge < -0.3 is 19.3 Å². The maximum Gasteiger partial charge on any atom is 0.254 e. The summed E-state index contributed by atoms with van der Waals surface area (Å²) in [5, 5.41) is 11.1. The molecule has 0 spiro atoms. The molecule has 1 aliphatic carbocycles. The molecule has 1 aliphatic heterocycles. The Morgan fingerprint density at radius 1 is 1.00 bits per heavy atom. The summed E-state index contributed by atoms with van der Waals surface area (Å²) in [7, 11) is 3.17. The lowest BCUT2D eigenvalue weighted by Gasteiger charge is -2.34. The van der Waals surface area contributed by atoms with Crippen LogP contribution in [-0.4, -0.2) is 61.4 Å². The van der Waals surface area contributed by atoms with Crippen molar-refractivity contribution in [2.45, 2.75) is 38.0 Å². The van der Waals surface area contributed by atoms with Crippen LogP contribution in [0, 0.1) is 0 Å². The van der Waals surface area contributed by atoms with E-state index in [1.807, 2.05) is 4.90 Å². The highest BCUT2D eigenvalue weighted by atomic mass is 32.1. The molecular weight excluding hydrogens is 388 g/mol. The third-order valence-electron chi connectivity index (χ3n) is 5.85. The van der Waals surface area contributed by atoms with Crippen LogP contribution in [0.1, 0.15) is 53.4 Å². The van der Waals surface area contributed by atoms with Gasteiger partial charge in [-0.25, -0.2) is 0 Å². The van der Waals surface area contributed by atoms with Gasteiger partial charge >= 0.3 is 0 Å². The van der Waals surface area contributed by atoms with Gasteiger partial charge in [0.15, 0.2) is 11.5 Å². The Morgan fingerprint density at radius 2 is 1.72 bits per heavy atom. The van der Waals surface area contributed by atoms with Gasteiger partial charge in [0.05, 0.1) is 14.2 Å². The van der Waals surface area contributed by atoms with Crippen molar-refractivity contribution < 1.29 is 14.3 Å². The fourth-order valence-corrected chi connectivity index (χ4v) is 5.19. The predicted molar refractivity (Wildman–Crippen MR) is 113 cm³/mol. The zero-order valence-corrected chi connectivity index (χ0v) is 17.9. The first-order valence-corrected chi connectivity index (χ1v) is 11.1. The van der Waals surface area contributed by atoms with E-state index >= 15 is 0 Å². The topological polar surface area (TPSA) is 67.8 Å². The molecule has 2 fully saturated rings. The zero-order chi connectivity index (χ0) is 20.2. The Balaban J connectivity index is 1.37. The van der Waals surface area contributed by atoms with E-state index in [1.165, 1.54) is 37.1 Å². The molecule has 1 amide bonds. The van der Waals surface area contributed by atoms with Crippen molar-refractivity contribution in [2.75, 3.05) is 45.3 Å². The van der Waals surface area contributed by atoms with Crippen molar-refractivity contribution in [2.24, 2.45) is 0 Å². The largest absolute Gasteiger partial charge is 0.493 e. The number of nitrogens with zero attached hydrogens (tertiary/aromatic N) is 4. The Morgan fingerprint density at radius 3 is 2.41 bits per heavy atom. The number of methoxy groups -OCH3 is 2. The van der Waals surface area contributed by atoms with Crippen LogP contribution in [0.3, 0.4) is 0 Å². The van der Waals surface area contributed by atoms with Crippen molar-refractivity contribution in [3.05, 3.63) is 28.8 Å². The quantitative estimate of drug-likeness (QED) is 0.742. The van der Waals surface area contributed by atoms with Crippen molar-refractivity contribution in [3.63, 3.8) is 0 Å². The van der Waals surface area contributed by atoms with Gasteiger partial charge in [-0.1, -0.05) is 30.6 Å². The van der Waals surface area contributed by atoms with Crippen LogP contribution in [0.4, 0.5) is 5.13 Å². The van der Waals surface area contributed by atoms with Crippen molar-refractivity contribution >= 4 is 22.4 Å². The number of carbonyl (C=O) groups is 1. The van der Waals surface area contributed by atoms with E-state index in [2.05, 4.69) is 15.1 Å². The molecule has 1 aromatic carbocycles. The monoisotopic (exact) mass is 416 g/mol. The van der Waals surface area contributed by atoms with Crippen LogP contribution in [0.15, 0.2) is 18.2 Å². The molecule has 0 bridgehead atoms. The Kier molecular flexibility index (Phi) is 6.18. The molecule has 0 atom stereocenters. The second-order valence-corrected chi connectivity index (χ2v) is 8.59. The molecule has 156 valence electrons. The maximum absolute atomic E-state index is 12.9. The van der Waals surface area contributed by atoms with E-state index in [0.717, 1.165) is 18.2 Å². The molecule has 0 radical (unpaired) electrons. The molecule has 4 rings (SSSR count). The molecule has 0 N–H and O–H groups in total. The van der Waals surface area contributed by atoms with Crippen LogP contribution in [-0.2, 0) is 0 Å². The molecule has 2 aromatic rings. The minimum absolute atomic E-state index is 0.0192. The summed E-state index contributed by atoms with van der Waals surface area (Å²) in [6.07, 6.45) is 6.43. The fourth-order valence-electron chi connectivity index (χ4n) is 4.12. The van der Waals surface area contributed by atoms with E-state index in [9.17, 15) is 4.79 Å². The average molecular weight is 417 g/mol. The smallest absolute Gasteiger partial charge is 0.254 e. The van der Waals surface area contributed by atoms with Gasteiger partial charge in [0.25, 0.3) is 5.91 Å². The highest BCUT2D eigenvalue weighted by Crippen LogP contribution is 2.36. The Labute approximate surface area is 175 Å². The summed E-state index contributed by atoms with van der Waals surface area (Å²) in [6.45, 7) is 2.90. The summed E-state index contributed by atoms with van der Waals surface area (Å²) in [5.74, 6) is 1.80. The SMILES string of the molecule is COc1ccc(C(=O)N2CCN(c3nnc(C4CCCCC4)s3)CC2)cc1OC. The first kappa shape index (κ1) is 19.9. The highest BCUT2D eigenvalue weighted by molar-refractivity contribution is 7.15. The minimum Gasteiger partial charge on any atom is -0.493 e. The standard InChI is InChI=1S/C21H28N4O3S/c1-27-17-9-8-16(14-18(17)28-2)20(26)24-10-12-25(13-11-24)21-23-22-19(29-21)15-6-4-3-5-7-15/h8-9,14-15H,3-7,10-13H2,1-2H3. The number of hydrogen-bond donors (Lipinski definition) is 0. The van der Waals surface area contributed by atoms with Gasteiger partial charge in [-0.15, -0.1) is 10.2 Å². The van der Waals surface area contributed by atoms with Gasteiger partial charge in [0, 0.05) is 37.7 Å². The van der Waals surface area contributed by atoms with E-state index in [4.69, 9.17) is 9.47 Å². The van der Waals surface area contributed by atoms with Crippen LogP contribution in [0.2, 0.25) is 0 Å². The van der Waals surface area contributed by atoms with Crippen molar-refractivity contribution in [3.8, 4) is 11.5 Å². The number of ether oxygens (including phenoxy) is 2. The van der Waals surface area contributed by atoms with Gasteiger partial charge in [0.2, 0.25) is 5.13 Å². The number of hydrogen-bond acceptors (Lipinski definition) is 7. The first-order chi connectivity index (χ1) is 14.2. The first-order valence-electron chi connectivity index (χ1n) is 10.3. The number of amides is 1. The Hall–Kier alpha value is -2.35. The maximum atomic E-state index is 12.9. The molecule has 29 heavy (non-hydrogen) atoms. The van der Waals surface area contributed by atoms with Gasteiger partial charge in [-0.05, 0) is 31.0 Å². The average Bonchev–Trinajstić information content (AvgIpc) is 3.29. The third-order valence-corrected chi connectivity index (χ3v) is 7.00. The van der Waals surface area contributed by atoms with E-state index in [-0.39, 0.29) is 5.91 Å². The third kappa shape index (κ3) is 4.32. The van der Waals surface area contributed by atoms with Crippen molar-refractivity contribution in [1.82, 2.24) is 15.1 Å². The minimum atomic E-state index is 0.0192. The number of piperazine rings is 1. The second-order valence-electron chi connectivity index (χ2n) is 7.61. The summed E-state index contributed by atoms with van der Waals surface area (Å²) < 4.78 is 10.6. The Bertz CT molecular complexity index is 842. The molecule has 2 heterocycles. The molecule has 1 saturated carbocycles. The predicted octanol–water partition coefficient (Wildman–Crippen LogP) is 3.57. The number of carbonyl (C=O) groups excluding carboxylic acids is 1. The van der Waals surface area contributed by atoms with E-state index in [1.54, 1.807) is 43.8 Å². The van der Waals surface area contributed by atoms with Crippen LogP contribution in [0.5, 0.6) is 11.5 Å². The number of aromatic nitrogens is 2. The lowest BCUT2D eigenvalue weighted by molar-refractivity contribution is 0.0746. The molecule has 2 aliphatic rings. The van der Waals surface area contributed by atoms with E-state index in [0.29, 0.717) is 36.1 Å². The van der Waals surface area contributed by atoms with Gasteiger partial charge in [-0.3, -0.25) is 4.79 Å². The van der Waals surface area contributed by atoms with Crippen LogP contribution in [0.25, 0.3) is 0 Å². The normalized spacial score (nSPS) is 18.0. The summed E-state index contributed by atoms with van der Waals surface area (Å²) >= 11 is 1.73. The molecule has 7 nitrogen and oxygen atoms in total. The number of rotatable bonds is 5. The number of anilines is 1. The van der Waals surface area contributed by atoms with Crippen molar-refractivity contribution in [1.29, 1.82) is 0 Å². The van der Waals surface area contributed by atoms with Crippen LogP contribution < -0.4 is 14.4 Å². The molecule has 0 unspecified atom stereocenters. The fraction of sp³-hybridized carbons (Fsp3) is 0.571. The molecule has 8 heteroatoms. The summed E-state index contributed by atoms with van der Waals surface area (Å²) in [5.41, 5.74) is 0.617. The lowest BCUT2D eigenvalue weighted by Crippen LogP contribution is -2.48. The summed E-state index contributed by atoms with van der Waals surface area (Å²) in [6, 6.07) is 5.31. The molecule has 1 aromatic heterocycles. The van der Waals surface area contributed by atoms with E-state index < -0.39 is 0 Å². The molecular formula is C21H28N4O3S. The zero-order valence-electron chi connectivity index (χ0n) is 17.1. The van der Waals surface area contributed by atoms with Gasteiger partial charge in [-0.2, -0.15) is 0 Å².